The predicted octanol–water partition coefficient (Wildman–Crippen LogP) is 4.07. The van der Waals surface area contributed by atoms with Gasteiger partial charge in [-0.2, -0.15) is 0 Å². The zero-order chi connectivity index (χ0) is 30.5. The summed E-state index contributed by atoms with van der Waals surface area (Å²) in [4.78, 5) is 43.8. The number of halogens is 1. The number of likely N-dealkylation sites (N-methyl/N-ethyl adjacent to an activating group) is 2. The molecule has 2 amide bonds. The van der Waals surface area contributed by atoms with Gasteiger partial charge in [-0.25, -0.2) is 4.39 Å². The van der Waals surface area contributed by atoms with E-state index in [1.807, 2.05) is 48.5 Å². The summed E-state index contributed by atoms with van der Waals surface area (Å²) >= 11 is 0. The Morgan fingerprint density at radius 1 is 1.00 bits per heavy atom. The predicted molar refractivity (Wildman–Crippen MR) is 166 cm³/mol. The lowest BCUT2D eigenvalue weighted by Gasteiger charge is -2.32. The van der Waals surface area contributed by atoms with Gasteiger partial charge in [0.05, 0.1) is 30.6 Å². The van der Waals surface area contributed by atoms with Crippen LogP contribution in [0, 0.1) is 5.82 Å². The molecule has 2 heterocycles. The van der Waals surface area contributed by atoms with Crippen LogP contribution in [-0.2, 0) is 25.5 Å². The number of hydrogen-bond donors (Lipinski definition) is 2. The summed E-state index contributed by atoms with van der Waals surface area (Å²) < 4.78 is 18.7. The van der Waals surface area contributed by atoms with Crippen molar-refractivity contribution in [2.75, 3.05) is 69.5 Å². The molecule has 2 aliphatic heterocycles. The molecule has 224 valence electrons. The third-order valence-corrected chi connectivity index (χ3v) is 7.92. The molecule has 0 saturated carbocycles. The Bertz CT molecular complexity index is 1530. The highest BCUT2D eigenvalue weighted by Gasteiger charge is 2.29. The van der Waals surface area contributed by atoms with Crippen LogP contribution < -0.4 is 15.5 Å². The normalized spacial score (nSPS) is 16.3. The van der Waals surface area contributed by atoms with E-state index in [0.717, 1.165) is 43.0 Å². The van der Waals surface area contributed by atoms with Gasteiger partial charge in [-0.3, -0.25) is 19.3 Å². The van der Waals surface area contributed by atoms with Gasteiger partial charge in [0.1, 0.15) is 5.82 Å². The maximum Gasteiger partial charge on any atom is 0.305 e. The van der Waals surface area contributed by atoms with Crippen molar-refractivity contribution in [3.63, 3.8) is 0 Å². The number of nitrogens with one attached hydrogen (secondary N) is 2. The van der Waals surface area contributed by atoms with E-state index >= 15 is 0 Å². The van der Waals surface area contributed by atoms with Gasteiger partial charge in [0, 0.05) is 56.6 Å². The molecule has 1 fully saturated rings. The van der Waals surface area contributed by atoms with Crippen molar-refractivity contribution in [3.8, 4) is 0 Å². The van der Waals surface area contributed by atoms with Gasteiger partial charge in [0.25, 0.3) is 5.91 Å². The summed E-state index contributed by atoms with van der Waals surface area (Å²) in [7, 11) is 5.22. The Balaban J connectivity index is 1.39. The van der Waals surface area contributed by atoms with Gasteiger partial charge >= 0.3 is 5.97 Å². The molecule has 5 rings (SSSR count). The van der Waals surface area contributed by atoms with Crippen LogP contribution in [0.5, 0.6) is 0 Å². The molecule has 9 nitrogen and oxygen atoms in total. The number of benzene rings is 3. The van der Waals surface area contributed by atoms with E-state index in [9.17, 15) is 18.8 Å². The molecule has 0 aromatic heterocycles. The van der Waals surface area contributed by atoms with Crippen molar-refractivity contribution < 1.29 is 23.5 Å². The van der Waals surface area contributed by atoms with Crippen molar-refractivity contribution in [1.82, 2.24) is 9.80 Å². The Kier molecular flexibility index (Phi) is 9.18. The number of ether oxygens (including phenoxy) is 1. The molecule has 2 aliphatic rings. The van der Waals surface area contributed by atoms with Gasteiger partial charge in [0.15, 0.2) is 0 Å². The number of amides is 2. The highest BCUT2D eigenvalue weighted by molar-refractivity contribution is 6.37. The van der Waals surface area contributed by atoms with Crippen LogP contribution in [0.2, 0.25) is 0 Å². The lowest BCUT2D eigenvalue weighted by molar-refractivity contribution is -0.140. The highest BCUT2D eigenvalue weighted by atomic mass is 19.1. The van der Waals surface area contributed by atoms with Crippen molar-refractivity contribution >= 4 is 46.1 Å². The number of anilines is 3. The van der Waals surface area contributed by atoms with Crippen molar-refractivity contribution in [2.24, 2.45) is 0 Å². The molecule has 3 aromatic carbocycles. The summed E-state index contributed by atoms with van der Waals surface area (Å²) in [5.74, 6) is -1.04. The number of nitrogens with zero attached hydrogens (tertiary/aromatic N) is 3. The molecule has 43 heavy (non-hydrogen) atoms. The van der Waals surface area contributed by atoms with E-state index in [4.69, 9.17) is 4.74 Å². The molecule has 1 saturated heterocycles. The molecule has 0 spiro atoms. The molecule has 10 heteroatoms. The van der Waals surface area contributed by atoms with Crippen LogP contribution in [0.4, 0.5) is 21.5 Å². The summed E-state index contributed by atoms with van der Waals surface area (Å²) in [6.07, 6.45) is 0.791. The Labute approximate surface area is 250 Å². The Hall–Kier alpha value is -4.54. The highest BCUT2D eigenvalue weighted by Crippen LogP contribution is 2.38. The number of carbonyl (C=O) groups excluding carboxylic acids is 3. The van der Waals surface area contributed by atoms with E-state index < -0.39 is 5.82 Å². The lowest BCUT2D eigenvalue weighted by atomic mass is 9.98. The first-order chi connectivity index (χ1) is 20.7. The van der Waals surface area contributed by atoms with Gasteiger partial charge in [-0.15, -0.1) is 0 Å². The van der Waals surface area contributed by atoms with E-state index in [2.05, 4.69) is 27.5 Å². The summed E-state index contributed by atoms with van der Waals surface area (Å²) in [6.45, 7) is 4.00. The summed E-state index contributed by atoms with van der Waals surface area (Å²) in [5.41, 5.74) is 5.10. The molecule has 0 bridgehead atoms. The molecule has 0 unspecified atom stereocenters. The quantitative estimate of drug-likeness (QED) is 0.289. The molecule has 0 atom stereocenters. The van der Waals surface area contributed by atoms with Crippen LogP contribution in [0.25, 0.3) is 11.3 Å². The largest absolute Gasteiger partial charge is 0.469 e. The topological polar surface area (TPSA) is 94.2 Å². The third-order valence-electron chi connectivity index (χ3n) is 7.92. The number of hydrogen-bond acceptors (Lipinski definition) is 7. The molecular formula is C33H36FN5O4. The molecule has 0 radical (unpaired) electrons. The first kappa shape index (κ1) is 29.9. The van der Waals surface area contributed by atoms with Gasteiger partial charge < -0.3 is 25.2 Å². The smallest absolute Gasteiger partial charge is 0.305 e. The maximum absolute atomic E-state index is 13.9. The summed E-state index contributed by atoms with van der Waals surface area (Å²) in [6, 6.07) is 19.2. The molecular weight excluding hydrogens is 549 g/mol. The van der Waals surface area contributed by atoms with Gasteiger partial charge in [0.2, 0.25) is 5.91 Å². The standard InChI is InChI=1S/C33H36FN5O4/c1-37-16-18-39(19-17-37)21-29(40)38(2)26-12-10-25(11-13-26)35-32(23-7-4-22(5-8-23)6-15-30(41)43-3)31-27-14-9-24(34)20-28(27)36-33(31)42/h4-5,7-14,20,35H,6,15-19,21H2,1-3H3,(H,36,42)/b32-31-. The fourth-order valence-electron chi connectivity index (χ4n) is 5.22. The first-order valence-electron chi connectivity index (χ1n) is 14.3. The molecule has 3 aromatic rings. The second kappa shape index (κ2) is 13.2. The third kappa shape index (κ3) is 7.10. The minimum atomic E-state index is -0.438. The second-order valence-corrected chi connectivity index (χ2v) is 10.9. The average molecular weight is 586 g/mol. The molecule has 0 aliphatic carbocycles. The SMILES string of the molecule is COC(=O)CCc1ccc(/C(Nc2ccc(N(C)C(=O)CN3CCN(C)CC3)cc2)=C2/C(=O)Nc3cc(F)ccc32)cc1. The zero-order valence-electron chi connectivity index (χ0n) is 24.7. The van der Waals surface area contributed by atoms with E-state index in [1.54, 1.807) is 18.0 Å². The van der Waals surface area contributed by atoms with Gasteiger partial charge in [-0.05, 0) is 67.1 Å². The summed E-state index contributed by atoms with van der Waals surface area (Å²) in [5, 5.41) is 6.17. The Morgan fingerprint density at radius 3 is 2.37 bits per heavy atom. The van der Waals surface area contributed by atoms with Crippen LogP contribution in [0.1, 0.15) is 23.1 Å². The number of methoxy groups -OCH3 is 1. The van der Waals surface area contributed by atoms with E-state index in [-0.39, 0.29) is 24.2 Å². The number of esters is 1. The lowest BCUT2D eigenvalue weighted by Crippen LogP contribution is -2.48. The number of fused-ring (bicyclic) bond motifs is 1. The minimum Gasteiger partial charge on any atom is -0.469 e. The van der Waals surface area contributed by atoms with E-state index in [0.29, 0.717) is 41.2 Å². The molecule has 2 N–H and O–H groups in total. The van der Waals surface area contributed by atoms with Crippen molar-refractivity contribution in [3.05, 3.63) is 89.2 Å². The van der Waals surface area contributed by atoms with Crippen LogP contribution in [0.15, 0.2) is 66.7 Å². The van der Waals surface area contributed by atoms with E-state index in [1.165, 1.54) is 19.2 Å². The van der Waals surface area contributed by atoms with Crippen LogP contribution >= 0.6 is 0 Å². The average Bonchev–Trinajstić information content (AvgIpc) is 3.34. The second-order valence-electron chi connectivity index (χ2n) is 10.9. The fraction of sp³-hybridized carbons (Fsp3) is 0.303. The fourth-order valence-corrected chi connectivity index (χ4v) is 5.22. The van der Waals surface area contributed by atoms with Crippen molar-refractivity contribution in [2.45, 2.75) is 12.8 Å². The first-order valence-corrected chi connectivity index (χ1v) is 14.3. The monoisotopic (exact) mass is 585 g/mol. The van der Waals surface area contributed by atoms with Crippen molar-refractivity contribution in [1.29, 1.82) is 0 Å². The number of rotatable bonds is 9. The zero-order valence-corrected chi connectivity index (χ0v) is 24.7. The van der Waals surface area contributed by atoms with Crippen LogP contribution in [-0.4, -0.2) is 81.5 Å². The Morgan fingerprint density at radius 2 is 1.70 bits per heavy atom. The minimum absolute atomic E-state index is 0.0202. The number of carbonyl (C=O) groups is 3. The van der Waals surface area contributed by atoms with Gasteiger partial charge in [-0.1, -0.05) is 24.3 Å². The number of piperazine rings is 1. The number of aryl methyl sites for hydroxylation is 1. The van der Waals surface area contributed by atoms with Crippen LogP contribution in [0.3, 0.4) is 0 Å². The maximum atomic E-state index is 13.9.